The van der Waals surface area contributed by atoms with E-state index in [1.807, 2.05) is 0 Å². The Morgan fingerprint density at radius 3 is 2.64 bits per heavy atom. The van der Waals surface area contributed by atoms with Crippen molar-refractivity contribution in [2.24, 2.45) is 34.5 Å². The summed E-state index contributed by atoms with van der Waals surface area (Å²) in [6, 6.07) is 0. The molecular weight excluding hydrogens is 412 g/mol. The molecule has 186 valence electrons. The highest BCUT2D eigenvalue weighted by atomic mass is 16.6. The number of ether oxygens (including phenoxy) is 2. The molecule has 3 fully saturated rings. The SMILES string of the molecule is CC1C=C2CC3C2C(C1)C3(C)O[C@@H](O)C1(C)C=C2CCCC(OC(O)CCC(C)(C)C)(C2)C1. The number of aliphatic hydroxyl groups is 2. The average molecular weight is 459 g/mol. The van der Waals surface area contributed by atoms with Crippen LogP contribution in [0.4, 0.5) is 0 Å². The van der Waals surface area contributed by atoms with Crippen molar-refractivity contribution < 1.29 is 19.7 Å². The summed E-state index contributed by atoms with van der Waals surface area (Å²) >= 11 is 0. The average Bonchev–Trinajstić information content (AvgIpc) is 2.66. The summed E-state index contributed by atoms with van der Waals surface area (Å²) in [4.78, 5) is 0. The fourth-order valence-corrected chi connectivity index (χ4v) is 8.09. The second-order valence-electron chi connectivity index (χ2n) is 13.9. The quantitative estimate of drug-likeness (QED) is 0.356. The van der Waals surface area contributed by atoms with Gasteiger partial charge >= 0.3 is 0 Å². The van der Waals surface area contributed by atoms with E-state index < -0.39 is 23.6 Å². The summed E-state index contributed by atoms with van der Waals surface area (Å²) in [6.07, 6.45) is 11.7. The lowest BCUT2D eigenvalue weighted by Gasteiger charge is -2.69. The molecule has 33 heavy (non-hydrogen) atoms. The van der Waals surface area contributed by atoms with Gasteiger partial charge in [-0.05, 0) is 93.8 Å². The van der Waals surface area contributed by atoms with Crippen molar-refractivity contribution in [2.45, 2.75) is 123 Å². The molecule has 0 spiro atoms. The van der Waals surface area contributed by atoms with E-state index in [4.69, 9.17) is 9.47 Å². The third kappa shape index (κ3) is 4.17. The maximum atomic E-state index is 11.5. The first-order valence-electron chi connectivity index (χ1n) is 13.5. The van der Waals surface area contributed by atoms with Gasteiger partial charge in [-0.1, -0.05) is 57.9 Å². The highest BCUT2D eigenvalue weighted by Crippen LogP contribution is 2.69. The van der Waals surface area contributed by atoms with Crippen LogP contribution in [0.5, 0.6) is 0 Å². The Kier molecular flexibility index (Phi) is 5.76. The van der Waals surface area contributed by atoms with Crippen molar-refractivity contribution in [1.29, 1.82) is 0 Å². The monoisotopic (exact) mass is 458 g/mol. The molecule has 0 aromatic rings. The van der Waals surface area contributed by atoms with Gasteiger partial charge in [0.25, 0.3) is 0 Å². The van der Waals surface area contributed by atoms with Crippen molar-refractivity contribution in [3.05, 3.63) is 23.3 Å². The van der Waals surface area contributed by atoms with E-state index in [2.05, 4.69) is 53.7 Å². The van der Waals surface area contributed by atoms with Gasteiger partial charge in [-0.25, -0.2) is 0 Å². The standard InChI is InChI=1S/C29H46O4/c1-18-12-20-14-22-24(20)21(13-18)28(22,6)33-25(31)27(5)15-19-8-7-10-29(16-19,17-27)32-23(30)9-11-26(2,3)4/h12,15,18,21-25,30-31H,7-11,13-14,16-17H2,1-6H3/t18?,21?,22?,23?,24?,25-,27?,28?,29?/m1/s1. The Hall–Kier alpha value is -0.680. The largest absolute Gasteiger partial charge is 0.368 e. The normalized spacial score (nSPS) is 45.7. The molecule has 5 rings (SSSR count). The number of hydrogen-bond donors (Lipinski definition) is 2. The fourth-order valence-electron chi connectivity index (χ4n) is 8.09. The van der Waals surface area contributed by atoms with E-state index in [9.17, 15) is 10.2 Å². The second-order valence-corrected chi connectivity index (χ2v) is 13.9. The predicted octanol–water partition coefficient (Wildman–Crippen LogP) is 6.12. The van der Waals surface area contributed by atoms with Crippen LogP contribution in [0.1, 0.15) is 99.3 Å². The first-order chi connectivity index (χ1) is 15.3. The van der Waals surface area contributed by atoms with Crippen molar-refractivity contribution in [3.63, 3.8) is 0 Å². The third-order valence-corrected chi connectivity index (χ3v) is 9.72. The zero-order valence-corrected chi connectivity index (χ0v) is 21.7. The van der Waals surface area contributed by atoms with E-state index in [0.29, 0.717) is 36.5 Å². The van der Waals surface area contributed by atoms with E-state index in [-0.39, 0.29) is 11.0 Å². The van der Waals surface area contributed by atoms with Crippen LogP contribution < -0.4 is 0 Å². The summed E-state index contributed by atoms with van der Waals surface area (Å²) in [5, 5.41) is 22.3. The summed E-state index contributed by atoms with van der Waals surface area (Å²) < 4.78 is 13.1. The van der Waals surface area contributed by atoms with E-state index >= 15 is 0 Å². The number of fused-ring (bicyclic) bond motifs is 2. The number of allylic oxidation sites excluding steroid dienone is 2. The predicted molar refractivity (Wildman–Crippen MR) is 130 cm³/mol. The first kappa shape index (κ1) is 24.0. The van der Waals surface area contributed by atoms with Crippen molar-refractivity contribution in [3.8, 4) is 0 Å². The topological polar surface area (TPSA) is 58.9 Å². The Balaban J connectivity index is 1.29. The maximum absolute atomic E-state index is 11.5. The van der Waals surface area contributed by atoms with E-state index in [1.54, 1.807) is 5.57 Å². The minimum absolute atomic E-state index is 0.175. The fraction of sp³-hybridized carbons (Fsp3) is 0.862. The van der Waals surface area contributed by atoms with Crippen LogP contribution in [0, 0.1) is 34.5 Å². The van der Waals surface area contributed by atoms with E-state index in [0.717, 1.165) is 38.5 Å². The minimum atomic E-state index is -0.850. The van der Waals surface area contributed by atoms with Crippen LogP contribution in [0.3, 0.4) is 0 Å². The summed E-state index contributed by atoms with van der Waals surface area (Å²) in [7, 11) is 0. The Morgan fingerprint density at radius 2 is 1.91 bits per heavy atom. The molecule has 2 bridgehead atoms. The van der Waals surface area contributed by atoms with Gasteiger partial charge in [-0.15, -0.1) is 0 Å². The minimum Gasteiger partial charge on any atom is -0.368 e. The molecule has 3 saturated carbocycles. The molecule has 9 atom stereocenters. The second kappa shape index (κ2) is 7.91. The van der Waals surface area contributed by atoms with Crippen molar-refractivity contribution in [2.75, 3.05) is 0 Å². The lowest BCUT2D eigenvalue weighted by Crippen LogP contribution is -2.70. The zero-order chi connectivity index (χ0) is 23.8. The van der Waals surface area contributed by atoms with Gasteiger partial charge in [-0.2, -0.15) is 0 Å². The highest BCUT2D eigenvalue weighted by Gasteiger charge is 2.68. The van der Waals surface area contributed by atoms with Crippen molar-refractivity contribution in [1.82, 2.24) is 0 Å². The molecule has 0 radical (unpaired) electrons. The number of rotatable bonds is 7. The number of aliphatic hydroxyl groups excluding tert-OH is 2. The van der Waals surface area contributed by atoms with Crippen LogP contribution in [0.25, 0.3) is 0 Å². The third-order valence-electron chi connectivity index (χ3n) is 9.72. The van der Waals surface area contributed by atoms with Gasteiger partial charge in [-0.3, -0.25) is 0 Å². The van der Waals surface area contributed by atoms with Crippen LogP contribution >= 0.6 is 0 Å². The molecule has 5 aliphatic carbocycles. The van der Waals surface area contributed by atoms with Gasteiger partial charge in [0.15, 0.2) is 12.6 Å². The van der Waals surface area contributed by atoms with Crippen LogP contribution in [0.15, 0.2) is 23.3 Å². The number of hydrogen-bond acceptors (Lipinski definition) is 4. The van der Waals surface area contributed by atoms with Gasteiger partial charge in [0.05, 0.1) is 11.2 Å². The van der Waals surface area contributed by atoms with E-state index in [1.165, 1.54) is 12.0 Å². The molecule has 0 heterocycles. The maximum Gasteiger partial charge on any atom is 0.164 e. The molecule has 0 amide bonds. The molecule has 4 heteroatoms. The molecule has 2 N–H and O–H groups in total. The molecule has 0 aromatic carbocycles. The first-order valence-corrected chi connectivity index (χ1v) is 13.5. The highest BCUT2D eigenvalue weighted by molar-refractivity contribution is 5.35. The summed E-state index contributed by atoms with van der Waals surface area (Å²) in [5.41, 5.74) is 2.05. The molecule has 0 aromatic heterocycles. The van der Waals surface area contributed by atoms with Gasteiger partial charge < -0.3 is 19.7 Å². The smallest absolute Gasteiger partial charge is 0.164 e. The van der Waals surface area contributed by atoms with Gasteiger partial charge in [0, 0.05) is 5.41 Å². The Morgan fingerprint density at radius 1 is 1.15 bits per heavy atom. The Bertz CT molecular complexity index is 839. The zero-order valence-electron chi connectivity index (χ0n) is 21.7. The van der Waals surface area contributed by atoms with Crippen LogP contribution in [-0.2, 0) is 9.47 Å². The van der Waals surface area contributed by atoms with Gasteiger partial charge in [0.2, 0.25) is 0 Å². The molecule has 0 saturated heterocycles. The molecule has 8 unspecified atom stereocenters. The molecule has 5 aliphatic rings. The van der Waals surface area contributed by atoms with Gasteiger partial charge in [0.1, 0.15) is 0 Å². The lowest BCUT2D eigenvalue weighted by molar-refractivity contribution is -0.324. The summed E-state index contributed by atoms with van der Waals surface area (Å²) in [5.74, 6) is 2.40. The molecule has 0 aliphatic heterocycles. The van der Waals surface area contributed by atoms with Crippen LogP contribution in [-0.4, -0.2) is 34.0 Å². The molecule has 4 nitrogen and oxygen atoms in total. The lowest BCUT2D eigenvalue weighted by atomic mass is 9.39. The van der Waals surface area contributed by atoms with Crippen LogP contribution in [0.2, 0.25) is 0 Å². The Labute approximate surface area is 200 Å². The summed E-state index contributed by atoms with van der Waals surface area (Å²) in [6.45, 7) is 13.3. The van der Waals surface area contributed by atoms with Crippen molar-refractivity contribution >= 4 is 0 Å². The molecular formula is C29H46O4.